The number of aryl methyl sites for hydroxylation is 2. The lowest BCUT2D eigenvalue weighted by molar-refractivity contribution is 0.646. The van der Waals surface area contributed by atoms with Gasteiger partial charge in [0.05, 0.1) is 0 Å². The topological polar surface area (TPSA) is 70.3 Å². The van der Waals surface area contributed by atoms with Gasteiger partial charge in [0.1, 0.15) is 12.0 Å². The van der Waals surface area contributed by atoms with Crippen LogP contribution in [-0.2, 0) is 6.42 Å². The zero-order valence-corrected chi connectivity index (χ0v) is 18.0. The minimum atomic E-state index is 0.595. The van der Waals surface area contributed by atoms with Crippen LogP contribution in [0.1, 0.15) is 23.6 Å². The summed E-state index contributed by atoms with van der Waals surface area (Å²) in [5, 5.41) is 3.34. The molecule has 1 saturated heterocycles. The lowest BCUT2D eigenvalue weighted by Crippen LogP contribution is -2.47. The first kappa shape index (κ1) is 20.0. The quantitative estimate of drug-likeness (QED) is 0.663. The van der Waals surface area contributed by atoms with Crippen molar-refractivity contribution in [1.29, 1.82) is 0 Å². The maximum absolute atomic E-state index is 6.47. The molecule has 0 atom stereocenters. The molecule has 0 saturated carbocycles. The highest BCUT2D eigenvalue weighted by Gasteiger charge is 2.22. The van der Waals surface area contributed by atoms with Crippen molar-refractivity contribution < 1.29 is 0 Å². The highest BCUT2D eigenvalue weighted by atomic mass is 15.3. The molecule has 3 N–H and O–H groups in total. The molecule has 0 radical (unpaired) electrons. The molecular formula is C24H30N6. The molecule has 1 aliphatic heterocycles. The van der Waals surface area contributed by atoms with Gasteiger partial charge in [-0.25, -0.2) is 9.97 Å². The molecule has 1 aliphatic rings. The van der Waals surface area contributed by atoms with Crippen LogP contribution in [0.4, 0.5) is 28.7 Å². The van der Waals surface area contributed by atoms with Crippen LogP contribution in [0, 0.1) is 13.8 Å². The summed E-state index contributed by atoms with van der Waals surface area (Å²) in [6.45, 7) is 10.1. The Bertz CT molecular complexity index is 1010. The second kappa shape index (κ2) is 8.61. The third-order valence-corrected chi connectivity index (χ3v) is 5.98. The van der Waals surface area contributed by atoms with Gasteiger partial charge in [-0.2, -0.15) is 0 Å². The summed E-state index contributed by atoms with van der Waals surface area (Å²) in [5.74, 6) is 1.46. The van der Waals surface area contributed by atoms with Gasteiger partial charge in [0.2, 0.25) is 0 Å². The number of piperazine rings is 1. The van der Waals surface area contributed by atoms with Crippen LogP contribution in [0.15, 0.2) is 48.8 Å². The van der Waals surface area contributed by atoms with E-state index in [0.717, 1.165) is 44.1 Å². The van der Waals surface area contributed by atoms with Crippen LogP contribution in [-0.4, -0.2) is 36.1 Å². The first-order valence-corrected chi connectivity index (χ1v) is 10.6. The van der Waals surface area contributed by atoms with Gasteiger partial charge in [0, 0.05) is 37.6 Å². The van der Waals surface area contributed by atoms with E-state index in [0.29, 0.717) is 11.5 Å². The van der Waals surface area contributed by atoms with Crippen molar-refractivity contribution in [2.45, 2.75) is 27.2 Å². The summed E-state index contributed by atoms with van der Waals surface area (Å²) in [6.07, 6.45) is 2.61. The lowest BCUT2D eigenvalue weighted by atomic mass is 10.1. The van der Waals surface area contributed by atoms with E-state index in [-0.39, 0.29) is 0 Å². The number of anilines is 5. The Kier molecular flexibility index (Phi) is 5.74. The van der Waals surface area contributed by atoms with Crippen molar-refractivity contribution in [3.63, 3.8) is 0 Å². The van der Waals surface area contributed by atoms with E-state index in [2.05, 4.69) is 88.3 Å². The molecular weight excluding hydrogens is 372 g/mol. The van der Waals surface area contributed by atoms with Gasteiger partial charge in [-0.3, -0.25) is 0 Å². The lowest BCUT2D eigenvalue weighted by Gasteiger charge is -2.38. The van der Waals surface area contributed by atoms with E-state index in [1.165, 1.54) is 22.4 Å². The van der Waals surface area contributed by atoms with Crippen molar-refractivity contribution in [3.8, 4) is 0 Å². The van der Waals surface area contributed by atoms with Crippen molar-refractivity contribution in [3.05, 3.63) is 65.5 Å². The van der Waals surface area contributed by atoms with Crippen LogP contribution in [0.25, 0.3) is 0 Å². The van der Waals surface area contributed by atoms with E-state index in [1.54, 1.807) is 6.33 Å². The first-order chi connectivity index (χ1) is 14.6. The van der Waals surface area contributed by atoms with Crippen molar-refractivity contribution >= 4 is 28.7 Å². The number of nitrogen functional groups attached to an aromatic ring is 1. The highest BCUT2D eigenvalue weighted by molar-refractivity contribution is 5.78. The average Bonchev–Trinajstić information content (AvgIpc) is 2.78. The summed E-state index contributed by atoms with van der Waals surface area (Å²) in [5.41, 5.74) is 13.3. The zero-order chi connectivity index (χ0) is 21.1. The number of nitrogens with two attached hydrogens (primary N) is 1. The summed E-state index contributed by atoms with van der Waals surface area (Å²) in [7, 11) is 0. The molecule has 3 aromatic rings. The van der Waals surface area contributed by atoms with Crippen LogP contribution in [0.5, 0.6) is 0 Å². The molecule has 4 rings (SSSR count). The van der Waals surface area contributed by atoms with E-state index in [1.807, 2.05) is 0 Å². The maximum Gasteiger partial charge on any atom is 0.159 e. The van der Waals surface area contributed by atoms with Crippen molar-refractivity contribution in [1.82, 2.24) is 9.97 Å². The van der Waals surface area contributed by atoms with Crippen LogP contribution in [0.2, 0.25) is 0 Å². The summed E-state index contributed by atoms with van der Waals surface area (Å²) < 4.78 is 0. The molecule has 0 unspecified atom stereocenters. The molecule has 0 bridgehead atoms. The van der Waals surface area contributed by atoms with Crippen LogP contribution >= 0.6 is 0 Å². The number of hydrogen-bond acceptors (Lipinski definition) is 6. The molecule has 6 heteroatoms. The minimum Gasteiger partial charge on any atom is -0.393 e. The minimum absolute atomic E-state index is 0.595. The largest absolute Gasteiger partial charge is 0.393 e. The third kappa shape index (κ3) is 4.03. The molecule has 6 nitrogen and oxygen atoms in total. The van der Waals surface area contributed by atoms with Gasteiger partial charge in [0.15, 0.2) is 11.6 Å². The molecule has 2 aromatic carbocycles. The zero-order valence-electron chi connectivity index (χ0n) is 18.0. The molecule has 2 heterocycles. The van der Waals surface area contributed by atoms with E-state index in [9.17, 15) is 0 Å². The molecule has 1 fully saturated rings. The van der Waals surface area contributed by atoms with Gasteiger partial charge in [-0.15, -0.1) is 0 Å². The van der Waals surface area contributed by atoms with Crippen LogP contribution < -0.4 is 20.9 Å². The summed E-state index contributed by atoms with van der Waals surface area (Å²) in [6, 6.07) is 14.9. The Morgan fingerprint density at radius 1 is 0.933 bits per heavy atom. The molecule has 156 valence electrons. The normalized spacial score (nSPS) is 14.1. The Morgan fingerprint density at radius 3 is 2.33 bits per heavy atom. The smallest absolute Gasteiger partial charge is 0.159 e. The molecule has 0 spiro atoms. The van der Waals surface area contributed by atoms with E-state index in [4.69, 9.17) is 5.73 Å². The number of hydrogen-bond donors (Lipinski definition) is 2. The second-order valence-electron chi connectivity index (χ2n) is 7.83. The van der Waals surface area contributed by atoms with Gasteiger partial charge >= 0.3 is 0 Å². The van der Waals surface area contributed by atoms with E-state index < -0.39 is 0 Å². The Labute approximate surface area is 178 Å². The fourth-order valence-electron chi connectivity index (χ4n) is 3.94. The van der Waals surface area contributed by atoms with Gasteiger partial charge < -0.3 is 20.9 Å². The monoisotopic (exact) mass is 402 g/mol. The number of rotatable bonds is 5. The average molecular weight is 403 g/mol. The van der Waals surface area contributed by atoms with Crippen molar-refractivity contribution in [2.24, 2.45) is 0 Å². The number of aromatic nitrogens is 2. The summed E-state index contributed by atoms with van der Waals surface area (Å²) >= 11 is 0. The number of benzene rings is 2. The molecule has 1 aromatic heterocycles. The summed E-state index contributed by atoms with van der Waals surface area (Å²) in [4.78, 5) is 13.6. The molecule has 0 aliphatic carbocycles. The number of nitrogens with one attached hydrogen (secondary N) is 1. The van der Waals surface area contributed by atoms with Gasteiger partial charge in [0.25, 0.3) is 0 Å². The maximum atomic E-state index is 6.47. The fourth-order valence-corrected chi connectivity index (χ4v) is 3.94. The second-order valence-corrected chi connectivity index (χ2v) is 7.83. The third-order valence-electron chi connectivity index (χ3n) is 5.98. The Balaban J connectivity index is 1.47. The van der Waals surface area contributed by atoms with Crippen molar-refractivity contribution in [2.75, 3.05) is 47.0 Å². The molecule has 30 heavy (non-hydrogen) atoms. The molecule has 0 amide bonds. The van der Waals surface area contributed by atoms with E-state index >= 15 is 0 Å². The highest BCUT2D eigenvalue weighted by Crippen LogP contribution is 2.30. The Hall–Kier alpha value is -3.28. The predicted molar refractivity (Wildman–Crippen MR) is 126 cm³/mol. The van der Waals surface area contributed by atoms with Gasteiger partial charge in [-0.1, -0.05) is 31.2 Å². The number of nitrogens with zero attached hydrogens (tertiary/aromatic N) is 4. The Morgan fingerprint density at radius 2 is 1.63 bits per heavy atom. The van der Waals surface area contributed by atoms with Gasteiger partial charge in [-0.05, 0) is 55.2 Å². The standard InChI is InChI=1S/C24H30N6/c1-4-19-8-10-20(11-9-19)28-23-22(25)24(27-16-26-23)30-14-12-29(13-15-30)21-7-5-6-17(2)18(21)3/h5-11,16H,4,12-15,25H2,1-3H3,(H,26,27,28). The predicted octanol–water partition coefficient (Wildman–Crippen LogP) is 4.31. The SMILES string of the molecule is CCc1ccc(Nc2ncnc(N3CCN(c4cccc(C)c4C)CC3)c2N)cc1. The first-order valence-electron chi connectivity index (χ1n) is 10.6. The fraction of sp³-hybridized carbons (Fsp3) is 0.333. The van der Waals surface area contributed by atoms with Crippen LogP contribution in [0.3, 0.4) is 0 Å².